The number of amides is 2. The maximum Gasteiger partial charge on any atom is 0.255 e. The zero-order valence-electron chi connectivity index (χ0n) is 16.4. The second kappa shape index (κ2) is 9.11. The number of carbonyl (C=O) groups is 2. The minimum absolute atomic E-state index is 0.157. The third-order valence-electron chi connectivity index (χ3n) is 4.92. The summed E-state index contributed by atoms with van der Waals surface area (Å²) < 4.78 is 0. The van der Waals surface area contributed by atoms with Crippen LogP contribution in [0.1, 0.15) is 35.7 Å². The first-order valence-electron chi connectivity index (χ1n) is 9.68. The molecule has 0 atom stereocenters. The molecule has 0 aromatic heterocycles. The number of rotatable bonds is 5. The van der Waals surface area contributed by atoms with Gasteiger partial charge in [0.1, 0.15) is 0 Å². The van der Waals surface area contributed by atoms with E-state index in [1.807, 2.05) is 49.1 Å². The number of aryl methyl sites for hydroxylation is 1. The summed E-state index contributed by atoms with van der Waals surface area (Å²) in [7, 11) is 0. The van der Waals surface area contributed by atoms with E-state index in [1.165, 1.54) is 0 Å². The second-order valence-corrected chi connectivity index (χ2v) is 7.51. The van der Waals surface area contributed by atoms with Gasteiger partial charge < -0.3 is 15.1 Å². The number of anilines is 2. The molecule has 148 valence electrons. The van der Waals surface area contributed by atoms with Gasteiger partial charge in [0.2, 0.25) is 5.91 Å². The van der Waals surface area contributed by atoms with Crippen molar-refractivity contribution < 1.29 is 9.59 Å². The first-order chi connectivity index (χ1) is 13.5. The van der Waals surface area contributed by atoms with E-state index in [0.717, 1.165) is 30.8 Å². The Balaban J connectivity index is 1.63. The van der Waals surface area contributed by atoms with Crippen LogP contribution in [0.4, 0.5) is 11.4 Å². The van der Waals surface area contributed by atoms with E-state index < -0.39 is 0 Å². The predicted octanol–water partition coefficient (Wildman–Crippen LogP) is 4.35. The second-order valence-electron chi connectivity index (χ2n) is 7.11. The molecule has 5 nitrogen and oxygen atoms in total. The summed E-state index contributed by atoms with van der Waals surface area (Å²) in [5.41, 5.74) is 3.25. The predicted molar refractivity (Wildman–Crippen MR) is 114 cm³/mol. The number of benzene rings is 2. The fourth-order valence-corrected chi connectivity index (χ4v) is 3.70. The van der Waals surface area contributed by atoms with Gasteiger partial charge in [-0.2, -0.15) is 0 Å². The number of halogens is 1. The first kappa shape index (κ1) is 20.2. The monoisotopic (exact) mass is 399 g/mol. The fourth-order valence-electron chi connectivity index (χ4n) is 3.40. The topological polar surface area (TPSA) is 52.7 Å². The molecular formula is C22H26ClN3O2. The molecule has 0 bridgehead atoms. The molecule has 2 amide bonds. The number of piperazine rings is 1. The molecule has 0 spiro atoms. The Morgan fingerprint density at radius 1 is 1.07 bits per heavy atom. The Hall–Kier alpha value is -2.53. The normalized spacial score (nSPS) is 14.1. The van der Waals surface area contributed by atoms with Crippen LogP contribution >= 0.6 is 11.6 Å². The Kier molecular flexibility index (Phi) is 6.57. The van der Waals surface area contributed by atoms with E-state index in [1.54, 1.807) is 12.1 Å². The minimum Gasteiger partial charge on any atom is -0.367 e. The summed E-state index contributed by atoms with van der Waals surface area (Å²) in [5.74, 6) is 0.0676. The van der Waals surface area contributed by atoms with Crippen molar-refractivity contribution in [2.24, 2.45) is 0 Å². The fraction of sp³-hybridized carbons (Fsp3) is 0.364. The third-order valence-corrected chi connectivity index (χ3v) is 5.23. The quantitative estimate of drug-likeness (QED) is 0.813. The lowest BCUT2D eigenvalue weighted by atomic mass is 10.1. The van der Waals surface area contributed by atoms with Crippen molar-refractivity contribution in [1.29, 1.82) is 0 Å². The standard InChI is InChI=1S/C22H26ClN3O2/c1-3-5-21(27)26-12-10-25(11-13-26)20-9-8-18(15-19(20)23)24-22(28)17-7-4-6-16(2)14-17/h4,6-9,14-15H,3,5,10-13H2,1-2H3,(H,24,28). The highest BCUT2D eigenvalue weighted by molar-refractivity contribution is 6.33. The molecule has 3 rings (SSSR count). The van der Waals surface area contributed by atoms with Gasteiger partial charge in [0.15, 0.2) is 0 Å². The molecule has 2 aromatic rings. The zero-order chi connectivity index (χ0) is 20.1. The molecule has 1 fully saturated rings. The van der Waals surface area contributed by atoms with Gasteiger partial charge in [0, 0.05) is 43.9 Å². The van der Waals surface area contributed by atoms with E-state index in [9.17, 15) is 9.59 Å². The Bertz CT molecular complexity index is 861. The summed E-state index contributed by atoms with van der Waals surface area (Å²) >= 11 is 6.49. The molecule has 0 unspecified atom stereocenters. The summed E-state index contributed by atoms with van der Waals surface area (Å²) in [6.45, 7) is 6.90. The molecule has 6 heteroatoms. The van der Waals surface area contributed by atoms with Crippen LogP contribution in [0.2, 0.25) is 5.02 Å². The molecule has 1 aliphatic heterocycles. The van der Waals surface area contributed by atoms with Gasteiger partial charge in [0.05, 0.1) is 10.7 Å². The Morgan fingerprint density at radius 3 is 2.46 bits per heavy atom. The lowest BCUT2D eigenvalue weighted by Crippen LogP contribution is -2.48. The number of carbonyl (C=O) groups excluding carboxylic acids is 2. The smallest absolute Gasteiger partial charge is 0.255 e. The molecule has 1 aliphatic rings. The van der Waals surface area contributed by atoms with Crippen molar-refractivity contribution in [2.45, 2.75) is 26.7 Å². The summed E-state index contributed by atoms with van der Waals surface area (Å²) in [5, 5.41) is 3.49. The number of nitrogens with zero attached hydrogens (tertiary/aromatic N) is 2. The van der Waals surface area contributed by atoms with Gasteiger partial charge >= 0.3 is 0 Å². The van der Waals surface area contributed by atoms with Crippen molar-refractivity contribution in [3.8, 4) is 0 Å². The lowest BCUT2D eigenvalue weighted by molar-refractivity contribution is -0.131. The molecule has 0 saturated carbocycles. The van der Waals surface area contributed by atoms with Crippen LogP contribution in [-0.4, -0.2) is 42.9 Å². The molecular weight excluding hydrogens is 374 g/mol. The minimum atomic E-state index is -0.157. The van der Waals surface area contributed by atoms with Gasteiger partial charge in [-0.05, 0) is 43.7 Å². The van der Waals surface area contributed by atoms with Crippen molar-refractivity contribution in [3.63, 3.8) is 0 Å². The summed E-state index contributed by atoms with van der Waals surface area (Å²) in [6.07, 6.45) is 1.48. The zero-order valence-corrected chi connectivity index (χ0v) is 17.1. The third kappa shape index (κ3) is 4.84. The van der Waals surface area contributed by atoms with E-state index in [4.69, 9.17) is 11.6 Å². The molecule has 1 N–H and O–H groups in total. The van der Waals surface area contributed by atoms with Crippen LogP contribution in [0.3, 0.4) is 0 Å². The molecule has 1 saturated heterocycles. The van der Waals surface area contributed by atoms with Gasteiger partial charge in [-0.3, -0.25) is 9.59 Å². The number of nitrogens with one attached hydrogen (secondary N) is 1. The van der Waals surface area contributed by atoms with Crippen molar-refractivity contribution >= 4 is 34.8 Å². The molecule has 0 radical (unpaired) electrons. The molecule has 28 heavy (non-hydrogen) atoms. The van der Waals surface area contributed by atoms with Gasteiger partial charge in [-0.15, -0.1) is 0 Å². The summed E-state index contributed by atoms with van der Waals surface area (Å²) in [6, 6.07) is 13.0. The Morgan fingerprint density at radius 2 is 1.82 bits per heavy atom. The van der Waals surface area contributed by atoms with E-state index in [0.29, 0.717) is 35.8 Å². The van der Waals surface area contributed by atoms with E-state index >= 15 is 0 Å². The SMILES string of the molecule is CCCC(=O)N1CCN(c2ccc(NC(=O)c3cccc(C)c3)cc2Cl)CC1. The number of hydrogen-bond donors (Lipinski definition) is 1. The number of hydrogen-bond acceptors (Lipinski definition) is 3. The van der Waals surface area contributed by atoms with Crippen molar-refractivity contribution in [1.82, 2.24) is 4.90 Å². The van der Waals surface area contributed by atoms with Crippen LogP contribution in [0.15, 0.2) is 42.5 Å². The van der Waals surface area contributed by atoms with Crippen LogP contribution in [0.25, 0.3) is 0 Å². The van der Waals surface area contributed by atoms with Crippen molar-refractivity contribution in [3.05, 3.63) is 58.6 Å². The van der Waals surface area contributed by atoms with E-state index in [-0.39, 0.29) is 11.8 Å². The molecule has 1 heterocycles. The average molecular weight is 400 g/mol. The van der Waals surface area contributed by atoms with Gasteiger partial charge in [0.25, 0.3) is 5.91 Å². The highest BCUT2D eigenvalue weighted by Gasteiger charge is 2.22. The van der Waals surface area contributed by atoms with Crippen molar-refractivity contribution in [2.75, 3.05) is 36.4 Å². The maximum atomic E-state index is 12.4. The first-order valence-corrected chi connectivity index (χ1v) is 10.1. The van der Waals surface area contributed by atoms with Crippen LogP contribution < -0.4 is 10.2 Å². The van der Waals surface area contributed by atoms with E-state index in [2.05, 4.69) is 10.2 Å². The molecule has 2 aromatic carbocycles. The molecule has 0 aliphatic carbocycles. The average Bonchev–Trinajstić information content (AvgIpc) is 2.68. The largest absolute Gasteiger partial charge is 0.367 e. The lowest BCUT2D eigenvalue weighted by Gasteiger charge is -2.36. The van der Waals surface area contributed by atoms with Crippen LogP contribution in [0.5, 0.6) is 0 Å². The van der Waals surface area contributed by atoms with Gasteiger partial charge in [-0.25, -0.2) is 0 Å². The Labute approximate surface area is 171 Å². The highest BCUT2D eigenvalue weighted by Crippen LogP contribution is 2.30. The summed E-state index contributed by atoms with van der Waals surface area (Å²) in [4.78, 5) is 28.6. The van der Waals surface area contributed by atoms with Crippen LogP contribution in [0, 0.1) is 6.92 Å². The maximum absolute atomic E-state index is 12.4. The van der Waals surface area contributed by atoms with Crippen LogP contribution in [-0.2, 0) is 4.79 Å². The van der Waals surface area contributed by atoms with Gasteiger partial charge in [-0.1, -0.05) is 36.2 Å². The highest BCUT2D eigenvalue weighted by atomic mass is 35.5.